The van der Waals surface area contributed by atoms with E-state index >= 15 is 0 Å². The van der Waals surface area contributed by atoms with Gasteiger partial charge in [0.2, 0.25) is 0 Å². The van der Waals surface area contributed by atoms with Crippen LogP contribution >= 0.6 is 23.8 Å². The fourth-order valence-electron chi connectivity index (χ4n) is 1.80. The van der Waals surface area contributed by atoms with E-state index in [9.17, 15) is 25.0 Å². The largest absolute Gasteiger partial charge is 0.332 e. The Morgan fingerprint density at radius 2 is 1.68 bits per heavy atom. The van der Waals surface area contributed by atoms with Crippen molar-refractivity contribution in [1.29, 1.82) is 0 Å². The van der Waals surface area contributed by atoms with Gasteiger partial charge in [-0.05, 0) is 36.5 Å². The first-order valence-corrected chi connectivity index (χ1v) is 7.37. The molecule has 25 heavy (non-hydrogen) atoms. The number of carbonyl (C=O) groups is 1. The second kappa shape index (κ2) is 7.64. The number of nitro benzene ring substituents is 2. The fraction of sp³-hybridized carbons (Fsp3) is 0. The van der Waals surface area contributed by atoms with Gasteiger partial charge in [-0.25, -0.2) is 0 Å². The first-order valence-electron chi connectivity index (χ1n) is 6.58. The van der Waals surface area contributed by atoms with E-state index in [2.05, 4.69) is 10.6 Å². The van der Waals surface area contributed by atoms with Gasteiger partial charge in [0, 0.05) is 29.4 Å². The van der Waals surface area contributed by atoms with Crippen LogP contribution in [0.25, 0.3) is 0 Å². The van der Waals surface area contributed by atoms with E-state index in [0.717, 1.165) is 0 Å². The van der Waals surface area contributed by atoms with Crippen LogP contribution < -0.4 is 10.6 Å². The van der Waals surface area contributed by atoms with Crippen molar-refractivity contribution in [1.82, 2.24) is 5.32 Å². The Hall–Kier alpha value is -3.11. The van der Waals surface area contributed by atoms with E-state index in [-0.39, 0.29) is 32.8 Å². The molecule has 0 atom stereocenters. The molecule has 11 heteroatoms. The van der Waals surface area contributed by atoms with Gasteiger partial charge in [0.05, 0.1) is 9.85 Å². The highest BCUT2D eigenvalue weighted by molar-refractivity contribution is 7.80. The number of nitrogens with one attached hydrogen (secondary N) is 2. The molecule has 0 aliphatic rings. The highest BCUT2D eigenvalue weighted by atomic mass is 35.5. The minimum absolute atomic E-state index is 0.0311. The zero-order valence-corrected chi connectivity index (χ0v) is 13.8. The minimum atomic E-state index is -0.647. The van der Waals surface area contributed by atoms with Crippen molar-refractivity contribution in [3.05, 3.63) is 73.3 Å². The summed E-state index contributed by atoms with van der Waals surface area (Å²) in [4.78, 5) is 32.2. The Bertz CT molecular complexity index is 872. The number of non-ortho nitro benzene ring substituents is 1. The summed E-state index contributed by atoms with van der Waals surface area (Å²) < 4.78 is 0. The maximum absolute atomic E-state index is 12.0. The van der Waals surface area contributed by atoms with Crippen LogP contribution in [0.2, 0.25) is 5.02 Å². The summed E-state index contributed by atoms with van der Waals surface area (Å²) in [5.41, 5.74) is -0.0242. The van der Waals surface area contributed by atoms with Gasteiger partial charge in [-0.3, -0.25) is 30.3 Å². The monoisotopic (exact) mass is 380 g/mol. The normalized spacial score (nSPS) is 9.96. The maximum Gasteiger partial charge on any atom is 0.289 e. The quantitative estimate of drug-likeness (QED) is 0.473. The summed E-state index contributed by atoms with van der Waals surface area (Å²) in [5, 5.41) is 26.3. The molecule has 128 valence electrons. The Kier molecular flexibility index (Phi) is 5.57. The summed E-state index contributed by atoms with van der Waals surface area (Å²) in [6, 6.07) is 8.89. The molecule has 0 aliphatic heterocycles. The molecule has 2 aromatic carbocycles. The molecule has 0 heterocycles. The zero-order chi connectivity index (χ0) is 18.6. The molecule has 0 fully saturated rings. The number of anilines is 1. The third-order valence-corrected chi connectivity index (χ3v) is 3.49. The highest BCUT2D eigenvalue weighted by Gasteiger charge is 2.14. The third kappa shape index (κ3) is 4.68. The standard InChI is InChI=1S/C14H9ClN4O5S/c15-11-6-3-9(7-12(11)19(23)24)16-14(25)17-13(20)8-1-4-10(5-2-8)18(21)22/h1-7H,(H2,16,17,20,25). The molecule has 0 radical (unpaired) electrons. The maximum atomic E-state index is 12.0. The molecule has 2 N–H and O–H groups in total. The molecule has 0 saturated carbocycles. The molecular formula is C14H9ClN4O5S. The van der Waals surface area contributed by atoms with Crippen molar-refractivity contribution >= 4 is 51.9 Å². The van der Waals surface area contributed by atoms with Crippen molar-refractivity contribution in [3.8, 4) is 0 Å². The molecular weight excluding hydrogens is 372 g/mol. The van der Waals surface area contributed by atoms with Gasteiger partial charge < -0.3 is 5.32 Å². The first-order chi connectivity index (χ1) is 11.8. The lowest BCUT2D eigenvalue weighted by Gasteiger charge is -2.09. The molecule has 2 aromatic rings. The lowest BCUT2D eigenvalue weighted by Crippen LogP contribution is -2.34. The molecule has 0 unspecified atom stereocenters. The van der Waals surface area contributed by atoms with Crippen molar-refractivity contribution in [2.75, 3.05) is 5.32 Å². The van der Waals surface area contributed by atoms with E-state index in [4.69, 9.17) is 23.8 Å². The predicted molar refractivity (Wildman–Crippen MR) is 94.9 cm³/mol. The minimum Gasteiger partial charge on any atom is -0.332 e. The molecule has 0 aromatic heterocycles. The fourth-order valence-corrected chi connectivity index (χ4v) is 2.20. The number of nitro groups is 2. The number of hydrogen-bond donors (Lipinski definition) is 2. The van der Waals surface area contributed by atoms with E-state index in [1.165, 1.54) is 42.5 Å². The Morgan fingerprint density at radius 1 is 1.04 bits per heavy atom. The number of thiocarbonyl (C=S) groups is 1. The van der Waals surface area contributed by atoms with Gasteiger partial charge in [0.25, 0.3) is 17.3 Å². The smallest absolute Gasteiger partial charge is 0.289 e. The van der Waals surface area contributed by atoms with Gasteiger partial charge in [-0.2, -0.15) is 0 Å². The number of rotatable bonds is 4. The SMILES string of the molecule is O=C(NC(=S)Nc1ccc(Cl)c([N+](=O)[O-])c1)c1ccc([N+](=O)[O-])cc1. The zero-order valence-electron chi connectivity index (χ0n) is 12.3. The van der Waals surface area contributed by atoms with Gasteiger partial charge in [-0.15, -0.1) is 0 Å². The second-order valence-corrected chi connectivity index (χ2v) is 5.45. The second-order valence-electron chi connectivity index (χ2n) is 4.64. The average Bonchev–Trinajstić information content (AvgIpc) is 2.56. The van der Waals surface area contributed by atoms with Crippen molar-refractivity contribution < 1.29 is 14.6 Å². The first kappa shape index (κ1) is 18.2. The van der Waals surface area contributed by atoms with Crippen LogP contribution in [-0.2, 0) is 0 Å². The summed E-state index contributed by atoms with van der Waals surface area (Å²) >= 11 is 10.7. The average molecular weight is 381 g/mol. The van der Waals surface area contributed by atoms with Crippen LogP contribution in [0.4, 0.5) is 17.1 Å². The molecule has 0 saturated heterocycles. The van der Waals surface area contributed by atoms with Crippen LogP contribution in [0.5, 0.6) is 0 Å². The van der Waals surface area contributed by atoms with Crippen LogP contribution in [0.3, 0.4) is 0 Å². The van der Waals surface area contributed by atoms with E-state index in [1.807, 2.05) is 0 Å². The predicted octanol–water partition coefficient (Wildman–Crippen LogP) is 3.28. The molecule has 1 amide bonds. The lowest BCUT2D eigenvalue weighted by molar-refractivity contribution is -0.385. The number of hydrogen-bond acceptors (Lipinski definition) is 6. The molecule has 0 bridgehead atoms. The summed E-state index contributed by atoms with van der Waals surface area (Å²) in [6.45, 7) is 0. The molecule has 0 spiro atoms. The molecule has 9 nitrogen and oxygen atoms in total. The number of nitrogens with zero attached hydrogens (tertiary/aromatic N) is 2. The van der Waals surface area contributed by atoms with Crippen LogP contribution in [0.1, 0.15) is 10.4 Å². The number of carbonyl (C=O) groups excluding carboxylic acids is 1. The Labute approximate surface area is 150 Å². The van der Waals surface area contributed by atoms with Crippen molar-refractivity contribution in [2.24, 2.45) is 0 Å². The Morgan fingerprint density at radius 3 is 2.24 bits per heavy atom. The van der Waals surface area contributed by atoms with Gasteiger partial charge in [0.15, 0.2) is 5.11 Å². The van der Waals surface area contributed by atoms with Crippen molar-refractivity contribution in [3.63, 3.8) is 0 Å². The summed E-state index contributed by atoms with van der Waals surface area (Å²) in [5.74, 6) is -0.587. The summed E-state index contributed by atoms with van der Waals surface area (Å²) in [6.07, 6.45) is 0. The van der Waals surface area contributed by atoms with Gasteiger partial charge in [0.1, 0.15) is 5.02 Å². The van der Waals surface area contributed by atoms with Gasteiger partial charge >= 0.3 is 0 Å². The van der Waals surface area contributed by atoms with Crippen LogP contribution in [0.15, 0.2) is 42.5 Å². The summed E-state index contributed by atoms with van der Waals surface area (Å²) in [7, 11) is 0. The van der Waals surface area contributed by atoms with Crippen LogP contribution in [0, 0.1) is 20.2 Å². The van der Waals surface area contributed by atoms with Crippen LogP contribution in [-0.4, -0.2) is 20.9 Å². The molecule has 0 aliphatic carbocycles. The topological polar surface area (TPSA) is 127 Å². The highest BCUT2D eigenvalue weighted by Crippen LogP contribution is 2.27. The van der Waals surface area contributed by atoms with E-state index < -0.39 is 15.8 Å². The van der Waals surface area contributed by atoms with Crippen molar-refractivity contribution in [2.45, 2.75) is 0 Å². The molecule has 2 rings (SSSR count). The lowest BCUT2D eigenvalue weighted by atomic mass is 10.2. The Balaban J connectivity index is 2.04. The number of amides is 1. The van der Waals surface area contributed by atoms with E-state index in [0.29, 0.717) is 0 Å². The number of benzene rings is 2. The third-order valence-electron chi connectivity index (χ3n) is 2.97. The van der Waals surface area contributed by atoms with E-state index in [1.54, 1.807) is 0 Å². The number of halogens is 1. The van der Waals surface area contributed by atoms with Gasteiger partial charge in [-0.1, -0.05) is 11.6 Å².